The number of rotatable bonds is 12. The van der Waals surface area contributed by atoms with Gasteiger partial charge in [-0.15, -0.1) is 0 Å². The van der Waals surface area contributed by atoms with Crippen LogP contribution in [-0.4, -0.2) is 41.7 Å². The molecule has 0 fully saturated rings. The molecule has 0 atom stereocenters. The number of carbonyl (C=O) groups is 2. The minimum Gasteiger partial charge on any atom is -0.492 e. The number of anilines is 1. The summed E-state index contributed by atoms with van der Waals surface area (Å²) in [5, 5.41) is 12.9. The van der Waals surface area contributed by atoms with Gasteiger partial charge >= 0.3 is 5.97 Å². The fraction of sp³-hybridized carbons (Fsp3) is 0.179. The van der Waals surface area contributed by atoms with E-state index >= 15 is 0 Å². The van der Waals surface area contributed by atoms with Crippen molar-refractivity contribution in [2.75, 3.05) is 24.6 Å². The summed E-state index contributed by atoms with van der Waals surface area (Å²) < 4.78 is 5.93. The van der Waals surface area contributed by atoms with Gasteiger partial charge in [0.05, 0.1) is 17.8 Å². The maximum atomic E-state index is 12.3. The van der Waals surface area contributed by atoms with Crippen LogP contribution in [0.4, 0.5) is 5.13 Å². The maximum Gasteiger partial charge on any atom is 0.305 e. The zero-order valence-electron chi connectivity index (χ0n) is 20.0. The van der Waals surface area contributed by atoms with E-state index in [0.717, 1.165) is 26.9 Å². The summed E-state index contributed by atoms with van der Waals surface area (Å²) in [4.78, 5) is 30.8. The number of aromatic nitrogens is 1. The van der Waals surface area contributed by atoms with E-state index in [9.17, 15) is 9.59 Å². The van der Waals surface area contributed by atoms with Crippen LogP contribution in [0.5, 0.6) is 5.75 Å². The van der Waals surface area contributed by atoms with Gasteiger partial charge < -0.3 is 20.1 Å². The van der Waals surface area contributed by atoms with Crippen LogP contribution in [0.1, 0.15) is 22.3 Å². The average molecular weight is 536 g/mol. The van der Waals surface area contributed by atoms with Crippen molar-refractivity contribution in [3.05, 3.63) is 101 Å². The molecule has 0 radical (unpaired) electrons. The Morgan fingerprint density at radius 3 is 2.43 bits per heavy atom. The normalized spacial score (nSPS) is 10.6. The molecule has 0 aliphatic heterocycles. The molecular formula is C28H26ClN3O4S. The molecule has 0 unspecified atom stereocenters. The second kappa shape index (κ2) is 12.9. The second-order valence-electron chi connectivity index (χ2n) is 8.19. The summed E-state index contributed by atoms with van der Waals surface area (Å²) >= 11 is 7.63. The molecule has 9 heteroatoms. The topological polar surface area (TPSA) is 91.8 Å². The first kappa shape index (κ1) is 26.2. The molecule has 37 heavy (non-hydrogen) atoms. The minimum absolute atomic E-state index is 0.0884. The van der Waals surface area contributed by atoms with E-state index < -0.39 is 5.97 Å². The van der Waals surface area contributed by atoms with Gasteiger partial charge in [-0.3, -0.25) is 9.59 Å². The van der Waals surface area contributed by atoms with Crippen LogP contribution in [0.25, 0.3) is 10.4 Å². The van der Waals surface area contributed by atoms with Gasteiger partial charge in [-0.2, -0.15) is 0 Å². The number of nitrogens with zero attached hydrogens (tertiary/aromatic N) is 2. The first-order valence-corrected chi connectivity index (χ1v) is 12.9. The molecule has 0 aliphatic carbocycles. The molecule has 4 aromatic rings. The third-order valence-corrected chi connectivity index (χ3v) is 6.84. The molecule has 0 saturated carbocycles. The Morgan fingerprint density at radius 2 is 1.73 bits per heavy atom. The highest BCUT2D eigenvalue weighted by Gasteiger charge is 2.14. The summed E-state index contributed by atoms with van der Waals surface area (Å²) in [6.07, 6.45) is 1.74. The standard InChI is InChI=1S/C28H26ClN3O4S/c29-23-12-10-21(11-13-23)25-18-31-28(37-25)32(16-17-36-24-4-2-1-3-5-24)19-20-6-8-22(9-7-20)27(35)30-15-14-26(33)34/h1-13,18H,14-17,19H2,(H,30,35)(H,33,34). The third-order valence-electron chi connectivity index (χ3n) is 5.48. The van der Waals surface area contributed by atoms with Crippen LogP contribution in [0.3, 0.4) is 0 Å². The van der Waals surface area contributed by atoms with Crippen molar-refractivity contribution in [3.63, 3.8) is 0 Å². The number of thiazole rings is 1. The number of hydrogen-bond acceptors (Lipinski definition) is 6. The molecule has 0 spiro atoms. The van der Waals surface area contributed by atoms with E-state index in [0.29, 0.717) is 30.3 Å². The summed E-state index contributed by atoms with van der Waals surface area (Å²) in [5.41, 5.74) is 2.53. The predicted molar refractivity (Wildman–Crippen MR) is 147 cm³/mol. The first-order valence-electron chi connectivity index (χ1n) is 11.7. The van der Waals surface area contributed by atoms with Crippen LogP contribution in [-0.2, 0) is 11.3 Å². The van der Waals surface area contributed by atoms with Gasteiger partial charge in [0, 0.05) is 29.9 Å². The molecule has 0 aliphatic rings. The molecule has 3 aromatic carbocycles. The summed E-state index contributed by atoms with van der Waals surface area (Å²) in [6, 6.07) is 24.6. The number of carboxylic acids is 1. The molecule has 7 nitrogen and oxygen atoms in total. The highest BCUT2D eigenvalue weighted by Crippen LogP contribution is 2.32. The van der Waals surface area contributed by atoms with Gasteiger partial charge in [0.15, 0.2) is 5.13 Å². The molecular weight excluding hydrogens is 510 g/mol. The minimum atomic E-state index is -0.951. The number of aliphatic carboxylic acids is 1. The van der Waals surface area contributed by atoms with Crippen molar-refractivity contribution >= 4 is 39.9 Å². The zero-order chi connectivity index (χ0) is 26.0. The van der Waals surface area contributed by atoms with Crippen LogP contribution in [0.15, 0.2) is 85.1 Å². The number of carbonyl (C=O) groups excluding carboxylic acids is 1. The van der Waals surface area contributed by atoms with Gasteiger partial charge in [0.2, 0.25) is 0 Å². The van der Waals surface area contributed by atoms with Gasteiger partial charge in [0.25, 0.3) is 5.91 Å². The van der Waals surface area contributed by atoms with E-state index in [2.05, 4.69) is 15.2 Å². The Balaban J connectivity index is 1.46. The second-order valence-corrected chi connectivity index (χ2v) is 9.64. The molecule has 2 N–H and O–H groups in total. The molecule has 4 rings (SSSR count). The summed E-state index contributed by atoms with van der Waals surface area (Å²) in [7, 11) is 0. The molecule has 0 bridgehead atoms. The van der Waals surface area contributed by atoms with Crippen molar-refractivity contribution in [2.24, 2.45) is 0 Å². The lowest BCUT2D eigenvalue weighted by Crippen LogP contribution is -2.28. The van der Waals surface area contributed by atoms with Crippen molar-refractivity contribution in [1.82, 2.24) is 10.3 Å². The van der Waals surface area contributed by atoms with Crippen LogP contribution in [0, 0.1) is 0 Å². The van der Waals surface area contributed by atoms with E-state index in [1.807, 2.05) is 72.9 Å². The number of hydrogen-bond donors (Lipinski definition) is 2. The maximum absolute atomic E-state index is 12.3. The molecule has 1 amide bonds. The lowest BCUT2D eigenvalue weighted by atomic mass is 10.1. The Labute approximate surface area is 224 Å². The third kappa shape index (κ3) is 7.80. The molecule has 1 heterocycles. The predicted octanol–water partition coefficient (Wildman–Crippen LogP) is 5.75. The zero-order valence-corrected chi connectivity index (χ0v) is 21.5. The fourth-order valence-electron chi connectivity index (χ4n) is 3.56. The number of ether oxygens (including phenoxy) is 1. The number of halogens is 1. The molecule has 0 saturated heterocycles. The fourth-order valence-corrected chi connectivity index (χ4v) is 4.63. The summed E-state index contributed by atoms with van der Waals surface area (Å²) in [5.74, 6) is -0.441. The lowest BCUT2D eigenvalue weighted by Gasteiger charge is -2.22. The Hall–Kier alpha value is -3.88. The van der Waals surface area contributed by atoms with Crippen molar-refractivity contribution in [1.29, 1.82) is 0 Å². The number of para-hydroxylation sites is 1. The monoisotopic (exact) mass is 535 g/mol. The van der Waals surface area contributed by atoms with Crippen LogP contribution in [0.2, 0.25) is 5.02 Å². The highest BCUT2D eigenvalue weighted by atomic mass is 35.5. The van der Waals surface area contributed by atoms with Crippen molar-refractivity contribution in [3.8, 4) is 16.2 Å². The smallest absolute Gasteiger partial charge is 0.305 e. The highest BCUT2D eigenvalue weighted by molar-refractivity contribution is 7.18. The van der Waals surface area contributed by atoms with Crippen molar-refractivity contribution in [2.45, 2.75) is 13.0 Å². The molecule has 190 valence electrons. The number of carboxylic acid groups (broad SMARTS) is 1. The van der Waals surface area contributed by atoms with Gasteiger partial charge in [-0.1, -0.05) is 65.4 Å². The van der Waals surface area contributed by atoms with E-state index in [1.54, 1.807) is 23.5 Å². The number of amides is 1. The quantitative estimate of drug-likeness (QED) is 0.240. The van der Waals surface area contributed by atoms with E-state index in [1.165, 1.54) is 0 Å². The SMILES string of the molecule is O=C(O)CCNC(=O)c1ccc(CN(CCOc2ccccc2)c2ncc(-c3ccc(Cl)cc3)s2)cc1. The van der Waals surface area contributed by atoms with E-state index in [4.69, 9.17) is 21.4 Å². The average Bonchev–Trinajstić information content (AvgIpc) is 3.39. The largest absolute Gasteiger partial charge is 0.492 e. The number of benzene rings is 3. The lowest BCUT2D eigenvalue weighted by molar-refractivity contribution is -0.136. The van der Waals surface area contributed by atoms with Gasteiger partial charge in [-0.25, -0.2) is 4.98 Å². The molecule has 1 aromatic heterocycles. The van der Waals surface area contributed by atoms with Gasteiger partial charge in [-0.05, 0) is 47.5 Å². The van der Waals surface area contributed by atoms with Crippen LogP contribution >= 0.6 is 22.9 Å². The Kier molecular flexibility index (Phi) is 9.13. The summed E-state index contributed by atoms with van der Waals surface area (Å²) in [6.45, 7) is 1.75. The van der Waals surface area contributed by atoms with Gasteiger partial charge in [0.1, 0.15) is 12.4 Å². The number of nitrogens with one attached hydrogen (secondary N) is 1. The van der Waals surface area contributed by atoms with Crippen LogP contribution < -0.4 is 15.0 Å². The first-order chi connectivity index (χ1) is 18.0. The Bertz CT molecular complexity index is 1310. The van der Waals surface area contributed by atoms with E-state index in [-0.39, 0.29) is 18.9 Å². The van der Waals surface area contributed by atoms with Crippen molar-refractivity contribution < 1.29 is 19.4 Å². The Morgan fingerprint density at radius 1 is 1.00 bits per heavy atom.